The van der Waals surface area contributed by atoms with E-state index < -0.39 is 0 Å². The number of ether oxygens (including phenoxy) is 1. The van der Waals surface area contributed by atoms with Gasteiger partial charge in [0, 0.05) is 31.6 Å². The lowest BCUT2D eigenvalue weighted by Crippen LogP contribution is -2.37. The number of amidine groups is 1. The van der Waals surface area contributed by atoms with Crippen LogP contribution in [0.5, 0.6) is 0 Å². The Morgan fingerprint density at radius 3 is 2.89 bits per heavy atom. The van der Waals surface area contributed by atoms with Crippen LogP contribution in [0.3, 0.4) is 0 Å². The van der Waals surface area contributed by atoms with Crippen molar-refractivity contribution in [2.24, 2.45) is 5.73 Å². The molecule has 1 aromatic heterocycles. The number of nitrogens with two attached hydrogens (primary N) is 1. The lowest BCUT2D eigenvalue weighted by atomic mass is 10.1. The fourth-order valence-corrected chi connectivity index (χ4v) is 2.28. The first-order valence-corrected chi connectivity index (χ1v) is 6.37. The van der Waals surface area contributed by atoms with Crippen molar-refractivity contribution in [3.8, 4) is 0 Å². The van der Waals surface area contributed by atoms with Gasteiger partial charge in [-0.15, -0.1) is 0 Å². The normalized spacial score (nSPS) is 16.8. The van der Waals surface area contributed by atoms with E-state index >= 15 is 0 Å². The standard InChI is InChI=1S/C13H20N4O/c1-2-18-11-4-7-17(8-5-11)10-3-6-16-12(9-10)13(14)15/h3,6,9,11H,2,4-5,7-8H2,1H3,(H3,14,15). The second-order valence-corrected chi connectivity index (χ2v) is 4.45. The number of nitrogens with zero attached hydrogens (tertiary/aromatic N) is 2. The molecule has 0 amide bonds. The maximum Gasteiger partial charge on any atom is 0.141 e. The molecule has 1 fully saturated rings. The monoisotopic (exact) mass is 248 g/mol. The molecule has 5 nitrogen and oxygen atoms in total. The number of nitrogens with one attached hydrogen (secondary N) is 1. The van der Waals surface area contributed by atoms with Crippen LogP contribution in [0.2, 0.25) is 0 Å². The fourth-order valence-electron chi connectivity index (χ4n) is 2.28. The summed E-state index contributed by atoms with van der Waals surface area (Å²) in [5, 5.41) is 7.41. The summed E-state index contributed by atoms with van der Waals surface area (Å²) in [6.07, 6.45) is 4.19. The van der Waals surface area contributed by atoms with Crippen molar-refractivity contribution in [3.05, 3.63) is 24.0 Å². The maximum atomic E-state index is 7.41. The summed E-state index contributed by atoms with van der Waals surface area (Å²) in [7, 11) is 0. The Kier molecular flexibility index (Phi) is 4.15. The van der Waals surface area contributed by atoms with E-state index in [9.17, 15) is 0 Å². The molecule has 1 saturated heterocycles. The highest BCUT2D eigenvalue weighted by Gasteiger charge is 2.19. The number of rotatable bonds is 4. The number of anilines is 1. The van der Waals surface area contributed by atoms with Gasteiger partial charge in [0.25, 0.3) is 0 Å². The molecule has 0 saturated carbocycles. The van der Waals surface area contributed by atoms with Crippen LogP contribution in [-0.4, -0.2) is 36.6 Å². The summed E-state index contributed by atoms with van der Waals surface area (Å²) in [5.41, 5.74) is 7.09. The summed E-state index contributed by atoms with van der Waals surface area (Å²) in [4.78, 5) is 6.37. The van der Waals surface area contributed by atoms with E-state index in [0.717, 1.165) is 38.2 Å². The number of hydrogen-bond acceptors (Lipinski definition) is 4. The second kappa shape index (κ2) is 5.82. The van der Waals surface area contributed by atoms with Gasteiger partial charge in [-0.05, 0) is 31.9 Å². The van der Waals surface area contributed by atoms with Crippen LogP contribution in [-0.2, 0) is 4.74 Å². The second-order valence-electron chi connectivity index (χ2n) is 4.45. The summed E-state index contributed by atoms with van der Waals surface area (Å²) >= 11 is 0. The van der Waals surface area contributed by atoms with Gasteiger partial charge in [0.15, 0.2) is 0 Å². The van der Waals surface area contributed by atoms with E-state index in [-0.39, 0.29) is 5.84 Å². The molecular weight excluding hydrogens is 228 g/mol. The van der Waals surface area contributed by atoms with Crippen molar-refractivity contribution in [2.45, 2.75) is 25.9 Å². The van der Waals surface area contributed by atoms with Gasteiger partial charge < -0.3 is 15.4 Å². The lowest BCUT2D eigenvalue weighted by Gasteiger charge is -2.33. The zero-order valence-corrected chi connectivity index (χ0v) is 10.7. The zero-order valence-electron chi connectivity index (χ0n) is 10.7. The van der Waals surface area contributed by atoms with E-state index in [1.807, 2.05) is 19.1 Å². The molecule has 2 rings (SSSR count). The summed E-state index contributed by atoms with van der Waals surface area (Å²) in [6.45, 7) is 4.78. The Morgan fingerprint density at radius 1 is 1.56 bits per heavy atom. The molecule has 1 aromatic rings. The molecule has 3 N–H and O–H groups in total. The Balaban J connectivity index is 2.01. The highest BCUT2D eigenvalue weighted by molar-refractivity contribution is 5.93. The molecule has 0 spiro atoms. The smallest absolute Gasteiger partial charge is 0.141 e. The van der Waals surface area contributed by atoms with Gasteiger partial charge in [-0.25, -0.2) is 0 Å². The number of piperidine rings is 1. The topological polar surface area (TPSA) is 75.2 Å². The highest BCUT2D eigenvalue weighted by atomic mass is 16.5. The molecule has 0 radical (unpaired) electrons. The van der Waals surface area contributed by atoms with Crippen LogP contribution in [0.25, 0.3) is 0 Å². The molecule has 5 heteroatoms. The SMILES string of the molecule is CCOC1CCN(c2ccnc(C(=N)N)c2)CC1. The first-order valence-electron chi connectivity index (χ1n) is 6.37. The molecule has 1 aliphatic heterocycles. The minimum absolute atomic E-state index is 0.0149. The Bertz CT molecular complexity index is 413. The van der Waals surface area contributed by atoms with Gasteiger partial charge in [-0.1, -0.05) is 0 Å². The molecule has 0 aromatic carbocycles. The molecule has 0 aliphatic carbocycles. The van der Waals surface area contributed by atoms with E-state index in [2.05, 4.69) is 9.88 Å². The first kappa shape index (κ1) is 12.8. The quantitative estimate of drug-likeness (QED) is 0.623. The van der Waals surface area contributed by atoms with Crippen LogP contribution < -0.4 is 10.6 Å². The third-order valence-corrected chi connectivity index (χ3v) is 3.23. The summed E-state index contributed by atoms with van der Waals surface area (Å²) in [6, 6.07) is 3.84. The predicted octanol–water partition coefficient (Wildman–Crippen LogP) is 1.37. The van der Waals surface area contributed by atoms with Crippen molar-refractivity contribution in [1.82, 2.24) is 4.98 Å². The van der Waals surface area contributed by atoms with Gasteiger partial charge in [-0.3, -0.25) is 10.4 Å². The molecule has 0 atom stereocenters. The van der Waals surface area contributed by atoms with E-state index in [1.54, 1.807) is 6.20 Å². The Labute approximate surface area is 107 Å². The van der Waals surface area contributed by atoms with Gasteiger partial charge in [-0.2, -0.15) is 0 Å². The molecule has 1 aliphatic rings. The van der Waals surface area contributed by atoms with Gasteiger partial charge in [0.1, 0.15) is 11.5 Å². The Hall–Kier alpha value is -1.62. The third-order valence-electron chi connectivity index (χ3n) is 3.23. The minimum Gasteiger partial charge on any atom is -0.382 e. The predicted molar refractivity (Wildman–Crippen MR) is 72.1 cm³/mol. The molecule has 2 heterocycles. The molecule has 0 bridgehead atoms. The van der Waals surface area contributed by atoms with Crippen LogP contribution in [0.15, 0.2) is 18.3 Å². The Morgan fingerprint density at radius 2 is 2.28 bits per heavy atom. The van der Waals surface area contributed by atoms with Crippen molar-refractivity contribution < 1.29 is 4.74 Å². The van der Waals surface area contributed by atoms with Gasteiger partial charge in [0.05, 0.1) is 6.10 Å². The maximum absolute atomic E-state index is 7.41. The number of nitrogen functional groups attached to an aromatic ring is 1. The third kappa shape index (κ3) is 2.98. The molecular formula is C13H20N4O. The van der Waals surface area contributed by atoms with Crippen LogP contribution in [0.1, 0.15) is 25.5 Å². The van der Waals surface area contributed by atoms with Crippen molar-refractivity contribution in [1.29, 1.82) is 5.41 Å². The van der Waals surface area contributed by atoms with Crippen LogP contribution >= 0.6 is 0 Å². The van der Waals surface area contributed by atoms with E-state index in [1.165, 1.54) is 0 Å². The minimum atomic E-state index is 0.0149. The van der Waals surface area contributed by atoms with E-state index in [0.29, 0.717) is 11.8 Å². The van der Waals surface area contributed by atoms with E-state index in [4.69, 9.17) is 15.9 Å². The molecule has 98 valence electrons. The number of aromatic nitrogens is 1. The average molecular weight is 248 g/mol. The fraction of sp³-hybridized carbons (Fsp3) is 0.538. The van der Waals surface area contributed by atoms with Crippen LogP contribution in [0.4, 0.5) is 5.69 Å². The number of pyridine rings is 1. The summed E-state index contributed by atoms with van der Waals surface area (Å²) in [5.74, 6) is 0.0149. The van der Waals surface area contributed by atoms with Gasteiger partial charge in [0.2, 0.25) is 0 Å². The lowest BCUT2D eigenvalue weighted by molar-refractivity contribution is 0.0459. The van der Waals surface area contributed by atoms with Gasteiger partial charge >= 0.3 is 0 Å². The highest BCUT2D eigenvalue weighted by Crippen LogP contribution is 2.21. The molecule has 18 heavy (non-hydrogen) atoms. The van der Waals surface area contributed by atoms with Crippen molar-refractivity contribution in [3.63, 3.8) is 0 Å². The zero-order chi connectivity index (χ0) is 13.0. The first-order chi connectivity index (χ1) is 8.70. The summed E-state index contributed by atoms with van der Waals surface area (Å²) < 4.78 is 5.64. The van der Waals surface area contributed by atoms with Crippen molar-refractivity contribution >= 4 is 11.5 Å². The molecule has 0 unspecified atom stereocenters. The number of hydrogen-bond donors (Lipinski definition) is 2. The van der Waals surface area contributed by atoms with Crippen LogP contribution in [0, 0.1) is 5.41 Å². The average Bonchev–Trinajstić information content (AvgIpc) is 2.40. The van der Waals surface area contributed by atoms with Crippen molar-refractivity contribution in [2.75, 3.05) is 24.6 Å². The largest absolute Gasteiger partial charge is 0.382 e.